The van der Waals surface area contributed by atoms with E-state index in [2.05, 4.69) is 52.8 Å². The first kappa shape index (κ1) is 49.4. The van der Waals surface area contributed by atoms with Crippen LogP contribution in [0.5, 0.6) is 5.75 Å². The molecular formula is C45H71N3O8S2. The van der Waals surface area contributed by atoms with E-state index in [9.17, 15) is 19.2 Å². The van der Waals surface area contributed by atoms with E-state index in [0.717, 1.165) is 60.2 Å². The topological polar surface area (TPSA) is 129 Å². The Hall–Kier alpha value is -3.00. The summed E-state index contributed by atoms with van der Waals surface area (Å²) >= 11 is 2.60. The molecule has 11 nitrogen and oxygen atoms in total. The lowest BCUT2D eigenvalue weighted by Gasteiger charge is -2.33. The number of ether oxygens (including phenoxy) is 3. The summed E-state index contributed by atoms with van der Waals surface area (Å²) in [7, 11) is 6.87. The second-order valence-corrected chi connectivity index (χ2v) is 19.5. The summed E-state index contributed by atoms with van der Waals surface area (Å²) in [4.78, 5) is 59.6. The third-order valence-corrected chi connectivity index (χ3v) is 13.6. The lowest BCUT2D eigenvalue weighted by molar-refractivity contribution is -0.157. The largest absolute Gasteiger partial charge is 0.496 e. The molecule has 3 aliphatic rings. The van der Waals surface area contributed by atoms with Gasteiger partial charge in [0, 0.05) is 62.0 Å². The zero-order valence-electron chi connectivity index (χ0n) is 37.4. The van der Waals surface area contributed by atoms with Gasteiger partial charge < -0.3 is 33.5 Å². The number of allylic oxidation sites excluding steroid dienone is 4. The Morgan fingerprint density at radius 3 is 2.45 bits per heavy atom. The number of fused-ring (bicyclic) bond motifs is 5. The average molecular weight is 846 g/mol. The first-order valence-corrected chi connectivity index (χ1v) is 22.9. The van der Waals surface area contributed by atoms with Crippen molar-refractivity contribution in [3.8, 4) is 5.75 Å². The number of carbonyl (C=O) groups excluding carboxylic acids is 4. The standard InChI is InChI=1S/C44H67N3O7S.CH4OS/c1-13-20-55-43(6,7)19-18-38(48)45(9)27-40(50)53-37-26-39(49)46(10)34-24-33(25-36(52-12)30(34)4)21-28(2)16-14-15-17-32-22-29(3)42(51)47(11)35(23-32)31(5)41-44(37,8)54-41;1-3-2/h14-16,24-25,29,31-32,35,37,41H,13,17-23,26-27H2,1-12H3;2H,1H3/b15-14+,28-16+;/t29?,31?,32?,35?,37-,41?,44?;/m0./s1. The maximum Gasteiger partial charge on any atom is 0.326 e. The van der Waals surface area contributed by atoms with Crippen molar-refractivity contribution in [3.05, 3.63) is 47.1 Å². The van der Waals surface area contributed by atoms with Gasteiger partial charge in [-0.05, 0) is 101 Å². The van der Waals surface area contributed by atoms with Gasteiger partial charge >= 0.3 is 5.97 Å². The van der Waals surface area contributed by atoms with E-state index >= 15 is 0 Å². The molecule has 2 saturated heterocycles. The van der Waals surface area contributed by atoms with Crippen LogP contribution in [0.25, 0.3) is 0 Å². The molecule has 0 spiro atoms. The molecule has 6 unspecified atom stereocenters. The van der Waals surface area contributed by atoms with Crippen LogP contribution in [-0.2, 0) is 35.1 Å². The van der Waals surface area contributed by atoms with Crippen LogP contribution < -0.4 is 9.64 Å². The Morgan fingerprint density at radius 2 is 1.81 bits per heavy atom. The molecule has 0 aliphatic carbocycles. The summed E-state index contributed by atoms with van der Waals surface area (Å²) in [6.07, 6.45) is 11.8. The van der Waals surface area contributed by atoms with E-state index in [1.165, 1.54) is 4.90 Å². The number of likely N-dealkylation sites (tertiary alicyclic amines) is 1. The molecular weight excluding hydrogens is 775 g/mol. The zero-order valence-corrected chi connectivity index (χ0v) is 39.0. The molecule has 1 aromatic rings. The molecule has 0 aromatic heterocycles. The summed E-state index contributed by atoms with van der Waals surface area (Å²) in [5.74, 6) is 0.954. The molecule has 1 N–H and O–H groups in total. The van der Waals surface area contributed by atoms with Crippen LogP contribution in [0, 0.1) is 24.7 Å². The summed E-state index contributed by atoms with van der Waals surface area (Å²) < 4.78 is 25.9. The van der Waals surface area contributed by atoms with Crippen molar-refractivity contribution in [2.75, 3.05) is 51.7 Å². The second kappa shape index (κ2) is 22.0. The Balaban J connectivity index is 0.00000291. The highest BCUT2D eigenvalue weighted by atomic mass is 32.2. The fourth-order valence-corrected chi connectivity index (χ4v) is 9.39. The van der Waals surface area contributed by atoms with Crippen LogP contribution in [0.1, 0.15) is 105 Å². The Labute approximate surface area is 357 Å². The van der Waals surface area contributed by atoms with E-state index in [1.54, 1.807) is 32.4 Å². The molecule has 1 aromatic carbocycles. The fraction of sp³-hybridized carbons (Fsp3) is 0.689. The molecule has 0 radical (unpaired) electrons. The van der Waals surface area contributed by atoms with Gasteiger partial charge in [0.05, 0.1) is 25.3 Å². The number of rotatable bonds is 10. The van der Waals surface area contributed by atoms with E-state index in [4.69, 9.17) is 18.8 Å². The molecule has 0 saturated carbocycles. The van der Waals surface area contributed by atoms with Gasteiger partial charge in [-0.3, -0.25) is 19.2 Å². The van der Waals surface area contributed by atoms with Crippen LogP contribution in [-0.4, -0.2) is 113 Å². The van der Waals surface area contributed by atoms with Crippen molar-refractivity contribution in [2.24, 2.45) is 17.8 Å². The van der Waals surface area contributed by atoms with Crippen molar-refractivity contribution in [3.63, 3.8) is 0 Å². The van der Waals surface area contributed by atoms with Crippen molar-refractivity contribution < 1.29 is 37.9 Å². The van der Waals surface area contributed by atoms with Gasteiger partial charge in [-0.15, -0.1) is 0 Å². The monoisotopic (exact) mass is 845 g/mol. The normalized spacial score (nSPS) is 28.2. The molecule has 58 heavy (non-hydrogen) atoms. The van der Waals surface area contributed by atoms with Gasteiger partial charge in [-0.2, -0.15) is 11.8 Å². The lowest BCUT2D eigenvalue weighted by Crippen LogP contribution is -2.47. The number of methoxy groups -OCH3 is 1. The minimum Gasteiger partial charge on any atom is -0.496 e. The van der Waals surface area contributed by atoms with Gasteiger partial charge in [0.2, 0.25) is 17.7 Å². The number of carbonyl (C=O) groups is 4. The van der Waals surface area contributed by atoms with Crippen LogP contribution in [0.2, 0.25) is 0 Å². The Kier molecular flexibility index (Phi) is 18.7. The van der Waals surface area contributed by atoms with E-state index in [0.29, 0.717) is 36.6 Å². The van der Waals surface area contributed by atoms with Crippen molar-refractivity contribution in [1.82, 2.24) is 9.80 Å². The SMILES string of the molecule is CCCSC(C)(C)CCC(=O)N(C)CC(=O)O[C@H]1CC(=O)N(C)c2cc(cc(OC)c2C)C/C(C)=C/C=C/CC2CC(C)C(=O)N(C)C(C2)C(C)C2OC21C.CSO. The van der Waals surface area contributed by atoms with Crippen LogP contribution >= 0.6 is 23.8 Å². The number of hydrogen-bond acceptors (Lipinski definition) is 10. The van der Waals surface area contributed by atoms with Crippen LogP contribution in [0.15, 0.2) is 35.9 Å². The van der Waals surface area contributed by atoms with Crippen molar-refractivity contribution in [1.29, 1.82) is 0 Å². The van der Waals surface area contributed by atoms with Crippen LogP contribution in [0.4, 0.5) is 5.69 Å². The molecule has 326 valence electrons. The Bertz CT molecular complexity index is 1650. The highest BCUT2D eigenvalue weighted by Crippen LogP contribution is 2.49. The number of likely N-dealkylation sites (N-methyl/N-ethyl adjacent to an activating group) is 1. The van der Waals surface area contributed by atoms with Gasteiger partial charge in [0.1, 0.15) is 24.0 Å². The van der Waals surface area contributed by atoms with Crippen molar-refractivity contribution in [2.45, 2.75) is 135 Å². The summed E-state index contributed by atoms with van der Waals surface area (Å²) in [5, 5.41) is 0. The maximum atomic E-state index is 14.3. The third-order valence-electron chi connectivity index (χ3n) is 12.0. The van der Waals surface area contributed by atoms with Crippen LogP contribution in [0.3, 0.4) is 0 Å². The maximum absolute atomic E-state index is 14.3. The molecule has 3 heterocycles. The fourth-order valence-electron chi connectivity index (χ4n) is 8.39. The second-order valence-electron chi connectivity index (χ2n) is 17.3. The number of amides is 3. The number of epoxide rings is 1. The van der Waals surface area contributed by atoms with E-state index in [-0.39, 0.29) is 59.4 Å². The van der Waals surface area contributed by atoms with E-state index < -0.39 is 17.7 Å². The third kappa shape index (κ3) is 13.2. The number of anilines is 1. The number of esters is 1. The molecule has 2 fully saturated rings. The minimum atomic E-state index is -0.982. The highest BCUT2D eigenvalue weighted by molar-refractivity contribution is 8.00. The molecule has 3 amide bonds. The Morgan fingerprint density at radius 1 is 1.14 bits per heavy atom. The number of hydrogen-bond donors (Lipinski definition) is 1. The summed E-state index contributed by atoms with van der Waals surface area (Å²) in [6, 6.07) is 3.94. The molecule has 3 aliphatic heterocycles. The smallest absolute Gasteiger partial charge is 0.326 e. The predicted molar refractivity (Wildman–Crippen MR) is 238 cm³/mol. The molecule has 4 rings (SSSR count). The minimum absolute atomic E-state index is 0.0491. The molecule has 7 atom stereocenters. The number of thioether (sulfide) groups is 1. The first-order chi connectivity index (χ1) is 27.2. The van der Waals surface area contributed by atoms with Gasteiger partial charge in [-0.1, -0.05) is 58.4 Å². The number of benzene rings is 1. The van der Waals surface area contributed by atoms with Gasteiger partial charge in [-0.25, -0.2) is 0 Å². The van der Waals surface area contributed by atoms with Gasteiger partial charge in [0.15, 0.2) is 0 Å². The lowest BCUT2D eigenvalue weighted by atomic mass is 9.82. The zero-order chi connectivity index (χ0) is 43.5. The first-order valence-electron chi connectivity index (χ1n) is 20.7. The summed E-state index contributed by atoms with van der Waals surface area (Å²) in [5.41, 5.74) is 2.72. The predicted octanol–water partition coefficient (Wildman–Crippen LogP) is 8.37. The highest BCUT2D eigenvalue weighted by Gasteiger charge is 2.63. The van der Waals surface area contributed by atoms with Crippen molar-refractivity contribution >= 4 is 53.2 Å². The van der Waals surface area contributed by atoms with E-state index in [1.807, 2.05) is 56.6 Å². The quantitative estimate of drug-likeness (QED) is 0.139. The molecule has 4 bridgehead atoms. The molecule has 13 heteroatoms. The number of nitrogens with zero attached hydrogens (tertiary/aromatic N) is 3. The summed E-state index contributed by atoms with van der Waals surface area (Å²) in [6.45, 7) is 16.2. The average Bonchev–Trinajstić information content (AvgIpc) is 3.89. The van der Waals surface area contributed by atoms with Gasteiger partial charge in [0.25, 0.3) is 0 Å².